The molecule has 0 fully saturated rings. The van der Waals surface area contributed by atoms with Crippen LogP contribution in [0.3, 0.4) is 0 Å². The molecule has 28 heavy (non-hydrogen) atoms. The molecule has 0 bridgehead atoms. The van der Waals surface area contributed by atoms with Crippen molar-refractivity contribution in [3.8, 4) is 5.75 Å². The molecular weight excluding hydrogens is 417 g/mol. The molecule has 2 aromatic rings. The Morgan fingerprint density at radius 2 is 1.93 bits per heavy atom. The fourth-order valence-corrected chi connectivity index (χ4v) is 3.75. The summed E-state index contributed by atoms with van der Waals surface area (Å²) < 4.78 is 5.43. The van der Waals surface area contributed by atoms with Crippen molar-refractivity contribution in [3.63, 3.8) is 0 Å². The summed E-state index contributed by atoms with van der Waals surface area (Å²) in [5, 5.41) is 10.4. The van der Waals surface area contributed by atoms with Crippen LogP contribution in [0.4, 0.5) is 5.69 Å². The van der Waals surface area contributed by atoms with Crippen molar-refractivity contribution in [2.75, 3.05) is 11.9 Å². The van der Waals surface area contributed by atoms with Gasteiger partial charge in [0.25, 0.3) is 5.91 Å². The van der Waals surface area contributed by atoms with E-state index in [9.17, 15) is 4.79 Å². The average Bonchev–Trinajstić information content (AvgIpc) is 2.63. The topological polar surface area (TPSA) is 62.4 Å². The Morgan fingerprint density at radius 3 is 2.57 bits per heavy atom. The van der Waals surface area contributed by atoms with E-state index in [0.29, 0.717) is 44.3 Å². The molecule has 146 valence electrons. The van der Waals surface area contributed by atoms with E-state index >= 15 is 0 Å². The van der Waals surface area contributed by atoms with Crippen LogP contribution in [0.5, 0.6) is 5.75 Å². The highest BCUT2D eigenvalue weighted by atomic mass is 35.5. The van der Waals surface area contributed by atoms with E-state index in [1.165, 1.54) is 0 Å². The number of carbonyl (C=O) groups excluding carboxylic acids is 1. The summed E-state index contributed by atoms with van der Waals surface area (Å²) >= 11 is 17.7. The molecule has 3 N–H and O–H groups in total. The van der Waals surface area contributed by atoms with Crippen molar-refractivity contribution in [2.24, 2.45) is 0 Å². The van der Waals surface area contributed by atoms with Crippen LogP contribution in [0.2, 0.25) is 10.0 Å². The van der Waals surface area contributed by atoms with E-state index in [0.717, 1.165) is 5.75 Å². The van der Waals surface area contributed by atoms with Crippen LogP contribution in [-0.4, -0.2) is 17.6 Å². The van der Waals surface area contributed by atoms with Crippen molar-refractivity contribution < 1.29 is 9.53 Å². The lowest BCUT2D eigenvalue weighted by Crippen LogP contribution is -2.45. The highest BCUT2D eigenvalue weighted by molar-refractivity contribution is 7.80. The number of anilines is 1. The number of allylic oxidation sites excluding steroid dienone is 1. The van der Waals surface area contributed by atoms with E-state index in [1.54, 1.807) is 49.4 Å². The molecule has 1 aliphatic heterocycles. The maximum absolute atomic E-state index is 13.1. The zero-order valence-corrected chi connectivity index (χ0v) is 17.6. The SMILES string of the molecule is CCOc1ccc(NC(=O)C2=C(C)NC(=S)N[C@H]2c2ccc(Cl)cc2Cl)cc1. The second-order valence-electron chi connectivity index (χ2n) is 6.15. The maximum Gasteiger partial charge on any atom is 0.255 e. The van der Waals surface area contributed by atoms with Crippen LogP contribution in [0.25, 0.3) is 0 Å². The van der Waals surface area contributed by atoms with Gasteiger partial charge in [0, 0.05) is 21.4 Å². The van der Waals surface area contributed by atoms with Gasteiger partial charge in [-0.15, -0.1) is 0 Å². The van der Waals surface area contributed by atoms with Gasteiger partial charge in [-0.1, -0.05) is 29.3 Å². The third kappa shape index (κ3) is 4.58. The van der Waals surface area contributed by atoms with Gasteiger partial charge < -0.3 is 20.7 Å². The lowest BCUT2D eigenvalue weighted by molar-refractivity contribution is -0.113. The molecule has 3 rings (SSSR count). The first-order valence-corrected chi connectivity index (χ1v) is 9.83. The number of nitrogens with one attached hydrogen (secondary N) is 3. The molecule has 0 saturated carbocycles. The summed E-state index contributed by atoms with van der Waals surface area (Å²) in [4.78, 5) is 13.1. The van der Waals surface area contributed by atoms with E-state index in [2.05, 4.69) is 16.0 Å². The summed E-state index contributed by atoms with van der Waals surface area (Å²) in [6.45, 7) is 4.30. The fourth-order valence-electron chi connectivity index (χ4n) is 2.96. The minimum absolute atomic E-state index is 0.264. The van der Waals surface area contributed by atoms with Gasteiger partial charge in [-0.05, 0) is 68.0 Å². The van der Waals surface area contributed by atoms with Gasteiger partial charge in [-0.2, -0.15) is 0 Å². The Kier molecular flexibility index (Phi) is 6.44. The Bertz CT molecular complexity index is 945. The fraction of sp³-hybridized carbons (Fsp3) is 0.200. The summed E-state index contributed by atoms with van der Waals surface area (Å²) in [5.74, 6) is 0.480. The molecule has 1 amide bonds. The van der Waals surface area contributed by atoms with Crippen LogP contribution >= 0.6 is 35.4 Å². The minimum atomic E-state index is -0.499. The number of hydrogen-bond acceptors (Lipinski definition) is 3. The van der Waals surface area contributed by atoms with E-state index in [1.807, 2.05) is 6.92 Å². The molecular formula is C20H19Cl2N3O2S. The second-order valence-corrected chi connectivity index (χ2v) is 7.40. The Labute approximate surface area is 179 Å². The van der Waals surface area contributed by atoms with Gasteiger partial charge in [-0.25, -0.2) is 0 Å². The molecule has 0 aliphatic carbocycles. The third-order valence-electron chi connectivity index (χ3n) is 4.21. The molecule has 0 radical (unpaired) electrons. The predicted molar refractivity (Wildman–Crippen MR) is 117 cm³/mol. The molecule has 0 spiro atoms. The van der Waals surface area contributed by atoms with Crippen molar-refractivity contribution in [3.05, 3.63) is 69.3 Å². The molecule has 0 saturated heterocycles. The number of thiocarbonyl (C=S) groups is 1. The summed E-state index contributed by atoms with van der Waals surface area (Å²) in [6.07, 6.45) is 0. The van der Waals surface area contributed by atoms with Gasteiger partial charge in [0.2, 0.25) is 0 Å². The van der Waals surface area contributed by atoms with Gasteiger partial charge in [0.05, 0.1) is 18.2 Å². The predicted octanol–water partition coefficient (Wildman–Crippen LogP) is 4.82. The van der Waals surface area contributed by atoms with Crippen molar-refractivity contribution in [1.29, 1.82) is 0 Å². The standard InChI is InChI=1S/C20H19Cl2N3O2S/c1-3-27-14-7-5-13(6-8-14)24-19(26)17-11(2)23-20(28)25-18(17)15-9-4-12(21)10-16(15)22/h4-10,18H,3H2,1-2H3,(H,24,26)(H2,23,25,28)/t18-/m0/s1. The molecule has 2 aromatic carbocycles. The molecule has 1 aliphatic rings. The average molecular weight is 436 g/mol. The quantitative estimate of drug-likeness (QED) is 0.587. The number of ether oxygens (including phenoxy) is 1. The van der Waals surface area contributed by atoms with E-state index in [-0.39, 0.29) is 5.91 Å². The molecule has 1 heterocycles. The lowest BCUT2D eigenvalue weighted by atomic mass is 9.95. The van der Waals surface area contributed by atoms with Crippen LogP contribution in [0.15, 0.2) is 53.7 Å². The number of halogens is 2. The Balaban J connectivity index is 1.90. The molecule has 5 nitrogen and oxygen atoms in total. The van der Waals surface area contributed by atoms with Crippen LogP contribution < -0.4 is 20.7 Å². The normalized spacial score (nSPS) is 16.3. The number of carbonyl (C=O) groups is 1. The Morgan fingerprint density at radius 1 is 1.21 bits per heavy atom. The first-order chi connectivity index (χ1) is 13.4. The first-order valence-electron chi connectivity index (χ1n) is 8.66. The van der Waals surface area contributed by atoms with Gasteiger partial charge in [0.1, 0.15) is 5.75 Å². The van der Waals surface area contributed by atoms with Crippen LogP contribution in [0, 0.1) is 0 Å². The number of benzene rings is 2. The van der Waals surface area contributed by atoms with Gasteiger partial charge in [0.15, 0.2) is 5.11 Å². The monoisotopic (exact) mass is 435 g/mol. The number of amides is 1. The summed E-state index contributed by atoms with van der Waals surface area (Å²) in [7, 11) is 0. The van der Waals surface area contributed by atoms with Crippen LogP contribution in [0.1, 0.15) is 25.5 Å². The Hall–Kier alpha value is -2.28. The maximum atomic E-state index is 13.1. The molecule has 8 heteroatoms. The third-order valence-corrected chi connectivity index (χ3v) is 4.99. The van der Waals surface area contributed by atoms with Crippen molar-refractivity contribution in [1.82, 2.24) is 10.6 Å². The summed E-state index contributed by atoms with van der Waals surface area (Å²) in [6, 6.07) is 11.8. The van der Waals surface area contributed by atoms with Crippen molar-refractivity contribution in [2.45, 2.75) is 19.9 Å². The van der Waals surface area contributed by atoms with E-state index in [4.69, 9.17) is 40.2 Å². The first kappa shape index (κ1) is 20.5. The van der Waals surface area contributed by atoms with Crippen LogP contribution in [-0.2, 0) is 4.79 Å². The zero-order chi connectivity index (χ0) is 20.3. The highest BCUT2D eigenvalue weighted by Gasteiger charge is 2.31. The highest BCUT2D eigenvalue weighted by Crippen LogP contribution is 2.33. The van der Waals surface area contributed by atoms with Gasteiger partial charge >= 0.3 is 0 Å². The smallest absolute Gasteiger partial charge is 0.255 e. The second kappa shape index (κ2) is 8.82. The van der Waals surface area contributed by atoms with E-state index < -0.39 is 6.04 Å². The number of rotatable bonds is 5. The molecule has 0 unspecified atom stereocenters. The molecule has 0 aromatic heterocycles. The summed E-state index contributed by atoms with van der Waals surface area (Å²) in [5.41, 5.74) is 2.52. The molecule has 1 atom stereocenters. The number of hydrogen-bond donors (Lipinski definition) is 3. The lowest BCUT2D eigenvalue weighted by Gasteiger charge is -2.31. The zero-order valence-electron chi connectivity index (χ0n) is 15.3. The van der Waals surface area contributed by atoms with Gasteiger partial charge in [-0.3, -0.25) is 4.79 Å². The minimum Gasteiger partial charge on any atom is -0.494 e. The largest absolute Gasteiger partial charge is 0.494 e. The van der Waals surface area contributed by atoms with Crippen molar-refractivity contribution >= 4 is 52.1 Å².